The molecule has 1 aromatic heterocycles. The SMILES string of the molecule is CC(C)(C)OC(=O)CCCCCNC(=O)Cc1cc(=O)oc2cc(OC3OCC(O)C(O)C3O)ccc12. The Morgan fingerprint density at radius 2 is 1.84 bits per heavy atom. The Morgan fingerprint density at radius 3 is 2.57 bits per heavy atom. The first-order chi connectivity index (χ1) is 17.4. The van der Waals surface area contributed by atoms with Crippen molar-refractivity contribution in [3.63, 3.8) is 0 Å². The van der Waals surface area contributed by atoms with Crippen molar-refractivity contribution in [3.8, 4) is 5.75 Å². The van der Waals surface area contributed by atoms with Crippen LogP contribution in [0.5, 0.6) is 5.75 Å². The van der Waals surface area contributed by atoms with Crippen LogP contribution in [0.2, 0.25) is 0 Å². The second-order valence-electron chi connectivity index (χ2n) is 10.0. The van der Waals surface area contributed by atoms with Crippen molar-refractivity contribution in [1.29, 1.82) is 0 Å². The lowest BCUT2D eigenvalue weighted by molar-refractivity contribution is -0.242. The first-order valence-corrected chi connectivity index (χ1v) is 12.3. The fourth-order valence-corrected chi connectivity index (χ4v) is 3.87. The zero-order chi connectivity index (χ0) is 27.2. The van der Waals surface area contributed by atoms with E-state index in [1.165, 1.54) is 12.1 Å². The summed E-state index contributed by atoms with van der Waals surface area (Å²) in [5.41, 5.74) is -0.477. The summed E-state index contributed by atoms with van der Waals surface area (Å²) < 4.78 is 21.3. The molecule has 3 rings (SSSR count). The van der Waals surface area contributed by atoms with Crippen molar-refractivity contribution in [1.82, 2.24) is 5.32 Å². The number of carbonyl (C=O) groups is 2. The van der Waals surface area contributed by atoms with Gasteiger partial charge in [-0.15, -0.1) is 0 Å². The molecule has 11 nitrogen and oxygen atoms in total. The van der Waals surface area contributed by atoms with Gasteiger partial charge in [-0.25, -0.2) is 4.79 Å². The van der Waals surface area contributed by atoms with E-state index in [1.54, 1.807) is 12.1 Å². The first kappa shape index (κ1) is 28.6. The van der Waals surface area contributed by atoms with E-state index in [9.17, 15) is 29.7 Å². The van der Waals surface area contributed by atoms with Crippen LogP contribution in [-0.2, 0) is 25.5 Å². The average molecular weight is 522 g/mol. The van der Waals surface area contributed by atoms with Gasteiger partial charge in [-0.3, -0.25) is 9.59 Å². The molecule has 11 heteroatoms. The number of hydrogen-bond acceptors (Lipinski definition) is 10. The van der Waals surface area contributed by atoms with Crippen molar-refractivity contribution >= 4 is 22.8 Å². The van der Waals surface area contributed by atoms with Gasteiger partial charge in [0.05, 0.1) is 13.0 Å². The molecule has 0 radical (unpaired) electrons. The molecule has 204 valence electrons. The Bertz CT molecular complexity index is 1140. The van der Waals surface area contributed by atoms with E-state index in [-0.39, 0.29) is 36.2 Å². The number of unbranched alkanes of at least 4 members (excludes halogenated alkanes) is 2. The Labute approximate surface area is 214 Å². The number of benzene rings is 1. The molecule has 1 aromatic carbocycles. The van der Waals surface area contributed by atoms with Gasteiger partial charge in [0.15, 0.2) is 0 Å². The molecule has 1 fully saturated rings. The van der Waals surface area contributed by atoms with E-state index in [0.29, 0.717) is 36.8 Å². The highest BCUT2D eigenvalue weighted by Gasteiger charge is 2.39. The van der Waals surface area contributed by atoms with Crippen LogP contribution in [0.1, 0.15) is 52.0 Å². The van der Waals surface area contributed by atoms with E-state index in [2.05, 4.69) is 5.32 Å². The number of aliphatic hydroxyl groups is 3. The van der Waals surface area contributed by atoms with Gasteiger partial charge in [-0.2, -0.15) is 0 Å². The Hall–Kier alpha value is -2.99. The number of fused-ring (bicyclic) bond motifs is 1. The Balaban J connectivity index is 1.52. The second kappa shape index (κ2) is 12.5. The summed E-state index contributed by atoms with van der Waals surface area (Å²) in [6, 6.07) is 5.86. The van der Waals surface area contributed by atoms with Crippen molar-refractivity contribution in [2.45, 2.75) is 83.1 Å². The molecule has 1 aliphatic rings. The van der Waals surface area contributed by atoms with Crippen molar-refractivity contribution < 1.29 is 43.5 Å². The van der Waals surface area contributed by atoms with E-state index >= 15 is 0 Å². The lowest BCUT2D eigenvalue weighted by Crippen LogP contribution is -2.54. The summed E-state index contributed by atoms with van der Waals surface area (Å²) in [6.07, 6.45) is -2.92. The molecule has 1 amide bonds. The minimum atomic E-state index is -1.47. The van der Waals surface area contributed by atoms with Crippen molar-refractivity contribution in [2.75, 3.05) is 13.2 Å². The van der Waals surface area contributed by atoms with E-state index in [1.807, 2.05) is 20.8 Å². The van der Waals surface area contributed by atoms with Crippen LogP contribution in [0.4, 0.5) is 0 Å². The fraction of sp³-hybridized carbons (Fsp3) is 0.577. The molecule has 1 aliphatic heterocycles. The number of rotatable bonds is 10. The average Bonchev–Trinajstić information content (AvgIpc) is 2.80. The van der Waals surface area contributed by atoms with Gasteiger partial charge < -0.3 is 39.3 Å². The summed E-state index contributed by atoms with van der Waals surface area (Å²) in [5, 5.41) is 32.8. The number of hydrogen-bond donors (Lipinski definition) is 4. The fourth-order valence-electron chi connectivity index (χ4n) is 3.87. The lowest BCUT2D eigenvalue weighted by atomic mass is 10.1. The molecule has 2 aromatic rings. The third-order valence-electron chi connectivity index (χ3n) is 5.66. The maximum absolute atomic E-state index is 12.5. The largest absolute Gasteiger partial charge is 0.462 e. The molecule has 0 aliphatic carbocycles. The normalized spacial score (nSPS) is 22.0. The van der Waals surface area contributed by atoms with Crippen LogP contribution >= 0.6 is 0 Å². The van der Waals surface area contributed by atoms with Crippen LogP contribution < -0.4 is 15.7 Å². The minimum absolute atomic E-state index is 0.0330. The molecule has 0 saturated carbocycles. The summed E-state index contributed by atoms with van der Waals surface area (Å²) in [6.45, 7) is 5.69. The maximum atomic E-state index is 12.5. The number of esters is 1. The standard InChI is InChI=1S/C26H35NO10/c1-26(2,3)37-21(30)7-5-4-6-10-27-20(29)11-15-12-22(31)36-19-13-16(8-9-17(15)19)35-25-24(33)23(32)18(28)14-34-25/h8-9,12-13,18,23-25,28,32-33H,4-7,10-11,14H2,1-3H3,(H,27,29). The smallest absolute Gasteiger partial charge is 0.336 e. The molecule has 37 heavy (non-hydrogen) atoms. The van der Waals surface area contributed by atoms with Gasteiger partial charge in [-0.1, -0.05) is 6.42 Å². The summed E-state index contributed by atoms with van der Waals surface area (Å²) in [5.74, 6) is -0.291. The van der Waals surface area contributed by atoms with Crippen LogP contribution in [0.3, 0.4) is 0 Å². The predicted molar refractivity (Wildman–Crippen MR) is 132 cm³/mol. The highest BCUT2D eigenvalue weighted by atomic mass is 16.7. The predicted octanol–water partition coefficient (Wildman–Crippen LogP) is 1.17. The zero-order valence-electron chi connectivity index (χ0n) is 21.3. The third-order valence-corrected chi connectivity index (χ3v) is 5.66. The topological polar surface area (TPSA) is 165 Å². The van der Waals surface area contributed by atoms with Gasteiger partial charge in [0.1, 0.15) is 35.2 Å². The van der Waals surface area contributed by atoms with E-state index in [0.717, 1.165) is 6.42 Å². The zero-order valence-corrected chi connectivity index (χ0v) is 21.3. The van der Waals surface area contributed by atoms with Gasteiger partial charge >= 0.3 is 11.6 Å². The summed E-state index contributed by atoms with van der Waals surface area (Å²) >= 11 is 0. The molecule has 0 spiro atoms. The molecule has 2 heterocycles. The number of carbonyl (C=O) groups excluding carboxylic acids is 2. The molecule has 4 N–H and O–H groups in total. The molecule has 4 atom stereocenters. The van der Waals surface area contributed by atoms with Crippen molar-refractivity contribution in [3.05, 3.63) is 40.2 Å². The van der Waals surface area contributed by atoms with Crippen LogP contribution in [0.15, 0.2) is 33.5 Å². The molecule has 4 unspecified atom stereocenters. The quantitative estimate of drug-likeness (QED) is 0.203. The maximum Gasteiger partial charge on any atom is 0.336 e. The third kappa shape index (κ3) is 8.53. The minimum Gasteiger partial charge on any atom is -0.462 e. The summed E-state index contributed by atoms with van der Waals surface area (Å²) in [7, 11) is 0. The Kier molecular flexibility index (Phi) is 9.66. The second-order valence-corrected chi connectivity index (χ2v) is 10.0. The highest BCUT2D eigenvalue weighted by Crippen LogP contribution is 2.26. The monoisotopic (exact) mass is 521 g/mol. The molecular weight excluding hydrogens is 486 g/mol. The number of amides is 1. The number of ether oxygens (including phenoxy) is 3. The van der Waals surface area contributed by atoms with Gasteiger partial charge in [0.2, 0.25) is 12.2 Å². The molecule has 1 saturated heterocycles. The highest BCUT2D eigenvalue weighted by molar-refractivity contribution is 5.87. The molecular formula is C26H35NO10. The number of nitrogens with one attached hydrogen (secondary N) is 1. The van der Waals surface area contributed by atoms with Crippen LogP contribution in [0, 0.1) is 0 Å². The first-order valence-electron chi connectivity index (χ1n) is 12.3. The van der Waals surface area contributed by atoms with Gasteiger partial charge in [-0.05, 0) is 51.3 Å². The van der Waals surface area contributed by atoms with Crippen LogP contribution in [0.25, 0.3) is 11.0 Å². The Morgan fingerprint density at radius 1 is 1.08 bits per heavy atom. The lowest BCUT2D eigenvalue weighted by Gasteiger charge is -2.34. The van der Waals surface area contributed by atoms with Crippen molar-refractivity contribution in [2.24, 2.45) is 0 Å². The van der Waals surface area contributed by atoms with Gasteiger partial charge in [0, 0.05) is 30.5 Å². The summed E-state index contributed by atoms with van der Waals surface area (Å²) in [4.78, 5) is 36.3. The van der Waals surface area contributed by atoms with Gasteiger partial charge in [0.25, 0.3) is 0 Å². The van der Waals surface area contributed by atoms with Crippen LogP contribution in [-0.4, -0.2) is 70.6 Å². The van der Waals surface area contributed by atoms with E-state index in [4.69, 9.17) is 18.6 Å². The number of aliphatic hydroxyl groups excluding tert-OH is 3. The molecule has 0 bridgehead atoms. The van der Waals surface area contributed by atoms with E-state index < -0.39 is 35.8 Å².